The minimum atomic E-state index is 0.00698. The Hall–Kier alpha value is -3.39. The van der Waals surface area contributed by atoms with Crippen LogP contribution in [0.2, 0.25) is 0 Å². The number of aryl methyl sites for hydroxylation is 2. The molecule has 0 unspecified atom stereocenters. The molecule has 1 aliphatic rings. The second-order valence-electron chi connectivity index (χ2n) is 8.40. The van der Waals surface area contributed by atoms with Crippen molar-refractivity contribution in [2.24, 2.45) is 5.92 Å². The third-order valence-corrected chi connectivity index (χ3v) is 6.36. The van der Waals surface area contributed by atoms with Crippen molar-refractivity contribution < 1.29 is 9.53 Å². The predicted molar refractivity (Wildman–Crippen MR) is 120 cm³/mol. The lowest BCUT2D eigenvalue weighted by molar-refractivity contribution is -0.122. The summed E-state index contributed by atoms with van der Waals surface area (Å²) in [6, 6.07) is 10.2. The van der Waals surface area contributed by atoms with Crippen LogP contribution in [0, 0.1) is 19.8 Å². The van der Waals surface area contributed by atoms with Crippen LogP contribution >= 0.6 is 0 Å². The maximum Gasteiger partial charge on any atom is 0.252 e. The Morgan fingerprint density at radius 3 is 2.97 bits per heavy atom. The number of ether oxygens (including phenoxy) is 1. The largest absolute Gasteiger partial charge is 0.379 e. The number of benzene rings is 1. The van der Waals surface area contributed by atoms with Crippen molar-refractivity contribution in [3.05, 3.63) is 65.4 Å². The molecule has 8 nitrogen and oxygen atoms in total. The number of nitrogens with zero attached hydrogens (tertiary/aromatic N) is 5. The van der Waals surface area contributed by atoms with Gasteiger partial charge >= 0.3 is 0 Å². The van der Waals surface area contributed by atoms with Crippen LogP contribution < -0.4 is 5.32 Å². The zero-order valence-corrected chi connectivity index (χ0v) is 18.3. The van der Waals surface area contributed by atoms with Crippen LogP contribution in [-0.4, -0.2) is 49.7 Å². The summed E-state index contributed by atoms with van der Waals surface area (Å²) in [6.07, 6.45) is 5.20. The Morgan fingerprint density at radius 1 is 1.19 bits per heavy atom. The van der Waals surface area contributed by atoms with Crippen LogP contribution in [-0.2, 0) is 22.4 Å². The highest BCUT2D eigenvalue weighted by atomic mass is 16.5. The minimum Gasteiger partial charge on any atom is -0.379 e. The van der Waals surface area contributed by atoms with E-state index in [-0.39, 0.29) is 17.9 Å². The molecule has 0 bridgehead atoms. The van der Waals surface area contributed by atoms with Crippen molar-refractivity contribution >= 4 is 22.6 Å². The van der Waals surface area contributed by atoms with Gasteiger partial charge in [0, 0.05) is 35.3 Å². The number of nitrogens with one attached hydrogen (secondary N) is 1. The van der Waals surface area contributed by atoms with Crippen molar-refractivity contribution in [1.82, 2.24) is 29.9 Å². The first-order chi connectivity index (χ1) is 15.6. The Balaban J connectivity index is 1.24. The van der Waals surface area contributed by atoms with Gasteiger partial charge in [-0.3, -0.25) is 9.78 Å². The molecule has 0 radical (unpaired) electrons. The van der Waals surface area contributed by atoms with Gasteiger partial charge in [-0.15, -0.1) is 0 Å². The van der Waals surface area contributed by atoms with Crippen LogP contribution in [0.5, 0.6) is 0 Å². The fourth-order valence-electron chi connectivity index (χ4n) is 4.61. The number of pyridine rings is 1. The molecule has 0 saturated carbocycles. The van der Waals surface area contributed by atoms with Crippen LogP contribution in [0.4, 0.5) is 0 Å². The van der Waals surface area contributed by atoms with Gasteiger partial charge in [-0.25, -0.2) is 9.50 Å². The average molecular weight is 431 g/mol. The standard InChI is InChI=1S/C24H26N6O2/c1-15-19(16(2)30-24(28-15)26-14-27-30)7-8-23(31)29-22-13-32-12-18(22)11-17-9-10-25-21-6-4-3-5-20(17)21/h3-6,9-10,14,18,22H,7-8,11-13H2,1-2H3,(H,29,31)/t18-,22-/m1/s1. The molecule has 1 saturated heterocycles. The molecule has 4 heterocycles. The van der Waals surface area contributed by atoms with Crippen molar-refractivity contribution in [1.29, 1.82) is 0 Å². The molecule has 1 fully saturated rings. The highest BCUT2D eigenvalue weighted by Crippen LogP contribution is 2.24. The number of rotatable bonds is 6. The average Bonchev–Trinajstić information content (AvgIpc) is 3.43. The molecule has 32 heavy (non-hydrogen) atoms. The van der Waals surface area contributed by atoms with E-state index in [0.29, 0.717) is 31.8 Å². The van der Waals surface area contributed by atoms with Gasteiger partial charge in [-0.2, -0.15) is 10.1 Å². The van der Waals surface area contributed by atoms with E-state index in [1.54, 1.807) is 4.52 Å². The number of aromatic nitrogens is 5. The van der Waals surface area contributed by atoms with Gasteiger partial charge < -0.3 is 10.1 Å². The Kier molecular flexibility index (Phi) is 5.53. The molecule has 1 aliphatic heterocycles. The van der Waals surface area contributed by atoms with Crippen molar-refractivity contribution in [3.63, 3.8) is 0 Å². The first kappa shape index (κ1) is 20.5. The van der Waals surface area contributed by atoms with Crippen LogP contribution in [0.25, 0.3) is 16.7 Å². The first-order valence-corrected chi connectivity index (χ1v) is 11.0. The summed E-state index contributed by atoms with van der Waals surface area (Å²) in [5, 5.41) is 8.59. The van der Waals surface area contributed by atoms with Crippen LogP contribution in [0.15, 0.2) is 42.9 Å². The molecule has 4 aromatic rings. The fraction of sp³-hybridized carbons (Fsp3) is 0.375. The Labute approximate surface area is 186 Å². The SMILES string of the molecule is Cc1nc2ncnn2c(C)c1CCC(=O)N[C@@H]1COC[C@H]1Cc1ccnc2ccccc12. The second-order valence-corrected chi connectivity index (χ2v) is 8.40. The van der Waals surface area contributed by atoms with Crippen molar-refractivity contribution in [2.75, 3.05) is 13.2 Å². The maximum absolute atomic E-state index is 12.8. The van der Waals surface area contributed by atoms with E-state index in [1.807, 2.05) is 38.2 Å². The predicted octanol–water partition coefficient (Wildman–Crippen LogP) is 2.60. The van der Waals surface area contributed by atoms with Gasteiger partial charge in [-0.1, -0.05) is 18.2 Å². The molecule has 0 aliphatic carbocycles. The quantitative estimate of drug-likeness (QED) is 0.505. The zero-order chi connectivity index (χ0) is 22.1. The molecule has 3 aromatic heterocycles. The van der Waals surface area contributed by atoms with E-state index in [4.69, 9.17) is 4.74 Å². The minimum absolute atomic E-state index is 0.00698. The molecule has 164 valence electrons. The van der Waals surface area contributed by atoms with Gasteiger partial charge in [0.25, 0.3) is 5.78 Å². The third-order valence-electron chi connectivity index (χ3n) is 6.36. The molecule has 0 spiro atoms. The summed E-state index contributed by atoms with van der Waals surface area (Å²) in [7, 11) is 0. The molecule has 1 amide bonds. The van der Waals surface area contributed by atoms with Crippen LogP contribution in [0.1, 0.15) is 28.9 Å². The van der Waals surface area contributed by atoms with Gasteiger partial charge in [0.1, 0.15) is 6.33 Å². The zero-order valence-electron chi connectivity index (χ0n) is 18.3. The number of amides is 1. The first-order valence-electron chi connectivity index (χ1n) is 11.0. The fourth-order valence-corrected chi connectivity index (χ4v) is 4.61. The monoisotopic (exact) mass is 430 g/mol. The summed E-state index contributed by atoms with van der Waals surface area (Å²) in [4.78, 5) is 25.9. The maximum atomic E-state index is 12.8. The lowest BCUT2D eigenvalue weighted by atomic mass is 9.93. The van der Waals surface area contributed by atoms with Gasteiger partial charge in [0.05, 0.1) is 24.8 Å². The molecule has 8 heteroatoms. The van der Waals surface area contributed by atoms with Crippen LogP contribution in [0.3, 0.4) is 0 Å². The summed E-state index contributed by atoms with van der Waals surface area (Å²) in [5.74, 6) is 0.853. The highest BCUT2D eigenvalue weighted by Gasteiger charge is 2.30. The number of carbonyl (C=O) groups is 1. The summed E-state index contributed by atoms with van der Waals surface area (Å²) >= 11 is 0. The van der Waals surface area contributed by atoms with Gasteiger partial charge in [-0.05, 0) is 49.9 Å². The van der Waals surface area contributed by atoms with E-state index < -0.39 is 0 Å². The number of carbonyl (C=O) groups excluding carboxylic acids is 1. The van der Waals surface area contributed by atoms with Crippen molar-refractivity contribution in [2.45, 2.75) is 39.2 Å². The summed E-state index contributed by atoms with van der Waals surface area (Å²) in [6.45, 7) is 5.13. The molecular formula is C24H26N6O2. The smallest absolute Gasteiger partial charge is 0.252 e. The number of para-hydroxylation sites is 1. The molecule has 2 atom stereocenters. The Bertz CT molecular complexity index is 1280. The van der Waals surface area contributed by atoms with E-state index in [0.717, 1.165) is 34.3 Å². The van der Waals surface area contributed by atoms with Gasteiger partial charge in [0.15, 0.2) is 0 Å². The normalized spacial score (nSPS) is 18.4. The van der Waals surface area contributed by atoms with E-state index in [1.165, 1.54) is 11.9 Å². The van der Waals surface area contributed by atoms with Gasteiger partial charge in [0.2, 0.25) is 5.91 Å². The van der Waals surface area contributed by atoms with E-state index in [9.17, 15) is 4.79 Å². The number of fused-ring (bicyclic) bond motifs is 2. The lowest BCUT2D eigenvalue weighted by Gasteiger charge is -2.20. The van der Waals surface area contributed by atoms with E-state index >= 15 is 0 Å². The highest BCUT2D eigenvalue weighted by molar-refractivity contribution is 5.82. The summed E-state index contributed by atoms with van der Waals surface area (Å²) in [5.41, 5.74) is 5.14. The molecule has 1 N–H and O–H groups in total. The summed E-state index contributed by atoms with van der Waals surface area (Å²) < 4.78 is 7.46. The molecular weight excluding hydrogens is 404 g/mol. The third kappa shape index (κ3) is 3.93. The molecule has 1 aromatic carbocycles. The number of hydrogen-bond donors (Lipinski definition) is 1. The number of hydrogen-bond acceptors (Lipinski definition) is 6. The van der Waals surface area contributed by atoms with Crippen molar-refractivity contribution in [3.8, 4) is 0 Å². The topological polar surface area (TPSA) is 94.3 Å². The Morgan fingerprint density at radius 2 is 2.06 bits per heavy atom. The molecule has 5 rings (SSSR count). The lowest BCUT2D eigenvalue weighted by Crippen LogP contribution is -2.40. The van der Waals surface area contributed by atoms with E-state index in [2.05, 4.69) is 37.5 Å². The second kappa shape index (κ2) is 8.63.